The highest BCUT2D eigenvalue weighted by molar-refractivity contribution is 7.89. The van der Waals surface area contributed by atoms with E-state index in [1.807, 2.05) is 20.8 Å². The van der Waals surface area contributed by atoms with Crippen LogP contribution in [0.2, 0.25) is 5.02 Å². The van der Waals surface area contributed by atoms with Gasteiger partial charge in [-0.05, 0) is 32.9 Å². The lowest BCUT2D eigenvalue weighted by molar-refractivity contribution is -0.133. The molecule has 1 aliphatic rings. The van der Waals surface area contributed by atoms with Gasteiger partial charge in [0.2, 0.25) is 15.9 Å². The van der Waals surface area contributed by atoms with Crippen LogP contribution in [0.25, 0.3) is 0 Å². The number of carbonyl (C=O) groups excluding carboxylic acids is 1. The molecule has 0 spiro atoms. The molecule has 0 bridgehead atoms. The number of carbonyl (C=O) groups is 1. The van der Waals surface area contributed by atoms with Crippen molar-refractivity contribution >= 4 is 27.5 Å². The van der Waals surface area contributed by atoms with Gasteiger partial charge in [0, 0.05) is 32.6 Å². The molecule has 0 saturated carbocycles. The van der Waals surface area contributed by atoms with E-state index in [9.17, 15) is 13.2 Å². The zero-order valence-corrected chi connectivity index (χ0v) is 17.9. The van der Waals surface area contributed by atoms with Crippen LogP contribution in [0.3, 0.4) is 0 Å². The summed E-state index contributed by atoms with van der Waals surface area (Å²) in [6, 6.07) is 8.26. The molecule has 9 heteroatoms. The van der Waals surface area contributed by atoms with Crippen LogP contribution in [0.4, 0.5) is 0 Å². The van der Waals surface area contributed by atoms with Crippen molar-refractivity contribution in [3.05, 3.63) is 46.7 Å². The fourth-order valence-electron chi connectivity index (χ4n) is 3.46. The molecule has 1 amide bonds. The van der Waals surface area contributed by atoms with Gasteiger partial charge < -0.3 is 4.90 Å². The molecule has 2 heterocycles. The van der Waals surface area contributed by atoms with Crippen molar-refractivity contribution in [2.45, 2.75) is 38.1 Å². The summed E-state index contributed by atoms with van der Waals surface area (Å²) in [6.07, 6.45) is 0.295. The normalized spacial score (nSPS) is 16.9. The van der Waals surface area contributed by atoms with Crippen molar-refractivity contribution in [2.75, 3.05) is 26.2 Å². The summed E-state index contributed by atoms with van der Waals surface area (Å²) in [4.78, 5) is 14.7. The number of aromatic nitrogens is 2. The third-order valence-electron chi connectivity index (χ3n) is 5.10. The highest BCUT2D eigenvalue weighted by Crippen LogP contribution is 2.24. The first-order valence-electron chi connectivity index (χ1n) is 9.26. The predicted molar refractivity (Wildman–Crippen MR) is 108 cm³/mol. The summed E-state index contributed by atoms with van der Waals surface area (Å²) >= 11 is 6.20. The lowest BCUT2D eigenvalue weighted by atomic mass is 10.2. The summed E-state index contributed by atoms with van der Waals surface area (Å²) in [6.45, 7) is 7.02. The predicted octanol–water partition coefficient (Wildman–Crippen LogP) is 2.64. The van der Waals surface area contributed by atoms with Crippen LogP contribution in [-0.4, -0.2) is 59.5 Å². The van der Waals surface area contributed by atoms with Gasteiger partial charge in [-0.1, -0.05) is 29.8 Å². The number of rotatable bonds is 5. The van der Waals surface area contributed by atoms with Crippen LogP contribution in [-0.2, 0) is 14.8 Å². The molecule has 1 atom stereocenters. The fraction of sp³-hybridized carbons (Fsp3) is 0.474. The van der Waals surface area contributed by atoms with E-state index in [1.165, 1.54) is 4.31 Å². The molecule has 0 aliphatic carbocycles. The summed E-state index contributed by atoms with van der Waals surface area (Å²) in [5, 5.41) is 5.04. The van der Waals surface area contributed by atoms with Crippen LogP contribution < -0.4 is 0 Å². The standard InChI is InChI=1S/C19H25ClN4O3S/c1-14(24-16(3)19(20)15(2)21-24)13-18(25)22-9-11-23(12-10-22)28(26,27)17-7-5-4-6-8-17/h4-8,14H,9-13H2,1-3H3. The van der Waals surface area contributed by atoms with Gasteiger partial charge in [0.1, 0.15) is 0 Å². The summed E-state index contributed by atoms with van der Waals surface area (Å²) in [5.41, 5.74) is 1.59. The first kappa shape index (κ1) is 20.8. The summed E-state index contributed by atoms with van der Waals surface area (Å²) < 4.78 is 28.6. The lowest BCUT2D eigenvalue weighted by Gasteiger charge is -2.34. The maximum atomic E-state index is 12.7. The molecule has 0 radical (unpaired) electrons. The smallest absolute Gasteiger partial charge is 0.243 e. The number of sulfonamides is 1. The van der Waals surface area contributed by atoms with Crippen LogP contribution in [0.5, 0.6) is 0 Å². The number of hydrogen-bond acceptors (Lipinski definition) is 4. The molecule has 1 aromatic carbocycles. The Labute approximate surface area is 170 Å². The Hall–Kier alpha value is -1.90. The molecule has 1 aromatic heterocycles. The van der Waals surface area contributed by atoms with Crippen molar-refractivity contribution in [3.63, 3.8) is 0 Å². The van der Waals surface area contributed by atoms with Crippen molar-refractivity contribution in [1.29, 1.82) is 0 Å². The molecule has 1 aliphatic heterocycles. The van der Waals surface area contributed by atoms with Crippen LogP contribution in [0, 0.1) is 13.8 Å². The highest BCUT2D eigenvalue weighted by Gasteiger charge is 2.30. The number of amides is 1. The molecule has 3 rings (SSSR count). The first-order valence-corrected chi connectivity index (χ1v) is 11.1. The molecule has 7 nitrogen and oxygen atoms in total. The summed E-state index contributed by atoms with van der Waals surface area (Å²) in [7, 11) is -3.52. The van der Waals surface area contributed by atoms with E-state index in [1.54, 1.807) is 39.9 Å². The highest BCUT2D eigenvalue weighted by atomic mass is 35.5. The van der Waals surface area contributed by atoms with Gasteiger partial charge >= 0.3 is 0 Å². The van der Waals surface area contributed by atoms with E-state index in [0.717, 1.165) is 11.4 Å². The minimum atomic E-state index is -3.52. The molecule has 0 N–H and O–H groups in total. The van der Waals surface area contributed by atoms with Gasteiger partial charge in [-0.25, -0.2) is 8.42 Å². The molecule has 1 unspecified atom stereocenters. The third-order valence-corrected chi connectivity index (χ3v) is 7.56. The van der Waals surface area contributed by atoms with Crippen molar-refractivity contribution < 1.29 is 13.2 Å². The number of benzene rings is 1. The van der Waals surface area contributed by atoms with Gasteiger partial charge in [-0.2, -0.15) is 9.40 Å². The topological polar surface area (TPSA) is 75.5 Å². The van der Waals surface area contributed by atoms with E-state index in [0.29, 0.717) is 37.6 Å². The van der Waals surface area contributed by atoms with E-state index in [2.05, 4.69) is 5.10 Å². The zero-order chi connectivity index (χ0) is 20.5. The SMILES string of the molecule is Cc1nn(C(C)CC(=O)N2CCN(S(=O)(=O)c3ccccc3)CC2)c(C)c1Cl. The second-order valence-electron chi connectivity index (χ2n) is 7.08. The zero-order valence-electron chi connectivity index (χ0n) is 16.3. The van der Waals surface area contributed by atoms with Crippen molar-refractivity contribution in [1.82, 2.24) is 19.0 Å². The molecule has 1 fully saturated rings. The quantitative estimate of drug-likeness (QED) is 0.739. The number of aryl methyl sites for hydroxylation is 1. The van der Waals surface area contributed by atoms with E-state index in [-0.39, 0.29) is 16.8 Å². The molecular formula is C19H25ClN4O3S. The molecule has 28 heavy (non-hydrogen) atoms. The van der Waals surface area contributed by atoms with Crippen molar-refractivity contribution in [3.8, 4) is 0 Å². The Kier molecular flexibility index (Phi) is 6.12. The van der Waals surface area contributed by atoms with Crippen LogP contribution in [0.1, 0.15) is 30.8 Å². The van der Waals surface area contributed by atoms with Crippen LogP contribution >= 0.6 is 11.6 Å². The van der Waals surface area contributed by atoms with E-state index in [4.69, 9.17) is 11.6 Å². The van der Waals surface area contributed by atoms with E-state index >= 15 is 0 Å². The molecule has 1 saturated heterocycles. The lowest BCUT2D eigenvalue weighted by Crippen LogP contribution is -2.50. The Balaban J connectivity index is 1.60. The minimum Gasteiger partial charge on any atom is -0.340 e. The van der Waals surface area contributed by atoms with Gasteiger partial charge in [-0.3, -0.25) is 9.48 Å². The minimum absolute atomic E-state index is 0.00654. The fourth-order valence-corrected chi connectivity index (χ4v) is 5.03. The average Bonchev–Trinajstić information content (AvgIpc) is 2.96. The number of piperazine rings is 1. The Morgan fingerprint density at radius 1 is 1.14 bits per heavy atom. The van der Waals surface area contributed by atoms with Crippen molar-refractivity contribution in [2.24, 2.45) is 0 Å². The Bertz CT molecular complexity index is 951. The van der Waals surface area contributed by atoms with E-state index < -0.39 is 10.0 Å². The maximum absolute atomic E-state index is 12.7. The summed E-state index contributed by atoms with van der Waals surface area (Å²) in [5.74, 6) is -0.00654. The molecule has 2 aromatic rings. The number of nitrogens with zero attached hydrogens (tertiary/aromatic N) is 4. The monoisotopic (exact) mass is 424 g/mol. The van der Waals surface area contributed by atoms with Gasteiger partial charge in [0.15, 0.2) is 0 Å². The van der Waals surface area contributed by atoms with Crippen LogP contribution in [0.15, 0.2) is 35.2 Å². The van der Waals surface area contributed by atoms with Gasteiger partial charge in [0.25, 0.3) is 0 Å². The number of halogens is 1. The third kappa shape index (κ3) is 4.09. The van der Waals surface area contributed by atoms with Gasteiger partial charge in [0.05, 0.1) is 27.3 Å². The largest absolute Gasteiger partial charge is 0.340 e. The maximum Gasteiger partial charge on any atom is 0.243 e. The second-order valence-corrected chi connectivity index (χ2v) is 9.40. The Morgan fingerprint density at radius 3 is 2.29 bits per heavy atom. The molecule has 152 valence electrons. The van der Waals surface area contributed by atoms with Gasteiger partial charge in [-0.15, -0.1) is 0 Å². The first-order chi connectivity index (χ1) is 13.2. The second kappa shape index (κ2) is 8.23. The average molecular weight is 425 g/mol. The number of hydrogen-bond donors (Lipinski definition) is 0. The Morgan fingerprint density at radius 2 is 1.75 bits per heavy atom. The molecular weight excluding hydrogens is 400 g/mol.